The number of aromatic nitrogens is 1. The first-order chi connectivity index (χ1) is 10.4. The van der Waals surface area contributed by atoms with Crippen LogP contribution in [0.15, 0.2) is 30.5 Å². The fourth-order valence-corrected chi connectivity index (χ4v) is 1.94. The molecular formula is C14H11ClN4O3. The summed E-state index contributed by atoms with van der Waals surface area (Å²) in [5, 5.41) is 19.9. The third kappa shape index (κ3) is 3.07. The maximum Gasteiger partial charge on any atom is 0.349 e. The largest absolute Gasteiger partial charge is 0.449 e. The van der Waals surface area contributed by atoms with Crippen LogP contribution in [-0.2, 0) is 0 Å². The molecule has 0 N–H and O–H groups in total. The molecule has 0 fully saturated rings. The summed E-state index contributed by atoms with van der Waals surface area (Å²) in [6, 6.07) is 8.68. The number of rotatable bonds is 4. The monoisotopic (exact) mass is 318 g/mol. The Morgan fingerprint density at radius 2 is 2.00 bits per heavy atom. The second-order valence-electron chi connectivity index (χ2n) is 4.50. The van der Waals surface area contributed by atoms with Crippen LogP contribution in [0.25, 0.3) is 0 Å². The van der Waals surface area contributed by atoms with Crippen molar-refractivity contribution in [2.75, 3.05) is 19.0 Å². The molecule has 0 amide bonds. The summed E-state index contributed by atoms with van der Waals surface area (Å²) in [6.07, 6.45) is 1.14. The van der Waals surface area contributed by atoms with Gasteiger partial charge in [-0.1, -0.05) is 11.6 Å². The highest BCUT2D eigenvalue weighted by Gasteiger charge is 2.26. The summed E-state index contributed by atoms with van der Waals surface area (Å²) in [6.45, 7) is 0. The summed E-state index contributed by atoms with van der Waals surface area (Å²) < 4.78 is 5.50. The molecule has 0 radical (unpaired) electrons. The van der Waals surface area contributed by atoms with Crippen molar-refractivity contribution in [3.05, 3.63) is 51.3 Å². The van der Waals surface area contributed by atoms with Gasteiger partial charge in [0.05, 0.1) is 11.1 Å². The van der Waals surface area contributed by atoms with Gasteiger partial charge in [-0.15, -0.1) is 0 Å². The molecule has 112 valence electrons. The van der Waals surface area contributed by atoms with Gasteiger partial charge in [0.1, 0.15) is 17.4 Å². The number of anilines is 1. The Labute approximate surface area is 131 Å². The molecule has 22 heavy (non-hydrogen) atoms. The van der Waals surface area contributed by atoms with E-state index >= 15 is 0 Å². The molecule has 0 atom stereocenters. The van der Waals surface area contributed by atoms with Gasteiger partial charge in [-0.05, 0) is 24.3 Å². The normalized spacial score (nSPS) is 9.91. The highest BCUT2D eigenvalue weighted by Crippen LogP contribution is 2.38. The van der Waals surface area contributed by atoms with Crippen LogP contribution in [0.4, 0.5) is 11.4 Å². The number of hydrogen-bond donors (Lipinski definition) is 0. The van der Waals surface area contributed by atoms with E-state index in [-0.39, 0.29) is 16.5 Å². The van der Waals surface area contributed by atoms with Gasteiger partial charge in [-0.3, -0.25) is 10.1 Å². The van der Waals surface area contributed by atoms with Gasteiger partial charge < -0.3 is 9.64 Å². The maximum atomic E-state index is 11.1. The van der Waals surface area contributed by atoms with Crippen LogP contribution in [0, 0.1) is 21.4 Å². The number of hydrogen-bond acceptors (Lipinski definition) is 6. The average molecular weight is 319 g/mol. The minimum atomic E-state index is -0.723. The molecular weight excluding hydrogens is 308 g/mol. The highest BCUT2D eigenvalue weighted by atomic mass is 35.5. The van der Waals surface area contributed by atoms with E-state index < -0.39 is 10.6 Å². The fraction of sp³-hybridized carbons (Fsp3) is 0.143. The predicted octanol–water partition coefficient (Wildman–Crippen LogP) is 3.37. The smallest absolute Gasteiger partial charge is 0.349 e. The standard InChI is InChI=1S/C14H11ClN4O3/c1-18(2)10-3-5-11(6-4-10)22-13-9(7-16)8-17-14(15)12(13)19(20)21/h3-6,8H,1-2H3. The molecule has 8 heteroatoms. The molecule has 0 aliphatic rings. The molecule has 2 aromatic rings. The minimum absolute atomic E-state index is 0.0622. The van der Waals surface area contributed by atoms with Crippen LogP contribution in [0.1, 0.15) is 5.56 Å². The number of nitro groups is 1. The first kappa shape index (κ1) is 15.5. The Balaban J connectivity index is 2.46. The summed E-state index contributed by atoms with van der Waals surface area (Å²) in [7, 11) is 3.77. The highest BCUT2D eigenvalue weighted by molar-refractivity contribution is 6.31. The van der Waals surface area contributed by atoms with E-state index in [2.05, 4.69) is 4.98 Å². The van der Waals surface area contributed by atoms with Crippen LogP contribution in [0.5, 0.6) is 11.5 Å². The third-order valence-electron chi connectivity index (χ3n) is 2.84. The molecule has 1 heterocycles. The van der Waals surface area contributed by atoms with E-state index in [1.807, 2.05) is 25.1 Å². The van der Waals surface area contributed by atoms with E-state index in [0.717, 1.165) is 11.9 Å². The molecule has 2 rings (SSSR count). The van der Waals surface area contributed by atoms with Crippen molar-refractivity contribution in [1.29, 1.82) is 5.26 Å². The molecule has 0 saturated heterocycles. The van der Waals surface area contributed by atoms with Crippen molar-refractivity contribution >= 4 is 23.0 Å². The molecule has 0 unspecified atom stereocenters. The zero-order valence-corrected chi connectivity index (χ0v) is 12.5. The van der Waals surface area contributed by atoms with Gasteiger partial charge in [0.2, 0.25) is 10.9 Å². The number of benzene rings is 1. The van der Waals surface area contributed by atoms with Crippen LogP contribution < -0.4 is 9.64 Å². The van der Waals surface area contributed by atoms with Crippen LogP contribution in [0.2, 0.25) is 5.15 Å². The van der Waals surface area contributed by atoms with Crippen molar-refractivity contribution in [1.82, 2.24) is 4.98 Å². The lowest BCUT2D eigenvalue weighted by Gasteiger charge is -2.13. The quantitative estimate of drug-likeness (QED) is 0.487. The fourth-order valence-electron chi connectivity index (χ4n) is 1.73. The van der Waals surface area contributed by atoms with E-state index in [1.165, 1.54) is 0 Å². The van der Waals surface area contributed by atoms with E-state index in [9.17, 15) is 10.1 Å². The van der Waals surface area contributed by atoms with Crippen LogP contribution >= 0.6 is 11.6 Å². The lowest BCUT2D eigenvalue weighted by atomic mass is 10.2. The number of ether oxygens (including phenoxy) is 1. The van der Waals surface area contributed by atoms with E-state index in [0.29, 0.717) is 5.75 Å². The molecule has 0 spiro atoms. The second-order valence-corrected chi connectivity index (χ2v) is 4.86. The molecule has 0 aliphatic carbocycles. The van der Waals surface area contributed by atoms with Crippen molar-refractivity contribution in [3.8, 4) is 17.6 Å². The number of nitrogens with zero attached hydrogens (tertiary/aromatic N) is 4. The molecule has 0 bridgehead atoms. The maximum absolute atomic E-state index is 11.1. The third-order valence-corrected chi connectivity index (χ3v) is 3.11. The minimum Gasteiger partial charge on any atom is -0.449 e. The van der Waals surface area contributed by atoms with Crippen molar-refractivity contribution in [2.24, 2.45) is 0 Å². The lowest BCUT2D eigenvalue weighted by molar-refractivity contribution is -0.385. The molecule has 0 aliphatic heterocycles. The van der Waals surface area contributed by atoms with Crippen LogP contribution in [-0.4, -0.2) is 24.0 Å². The summed E-state index contributed by atoms with van der Waals surface area (Å²) in [5.41, 5.74) is 0.348. The van der Waals surface area contributed by atoms with Crippen molar-refractivity contribution in [2.45, 2.75) is 0 Å². The van der Waals surface area contributed by atoms with Gasteiger partial charge in [0, 0.05) is 19.8 Å². The Bertz CT molecular complexity index is 754. The Kier molecular flexibility index (Phi) is 4.44. The van der Waals surface area contributed by atoms with Gasteiger partial charge in [0.25, 0.3) is 0 Å². The SMILES string of the molecule is CN(C)c1ccc(Oc2c(C#N)cnc(Cl)c2[N+](=O)[O-])cc1. The summed E-state index contributed by atoms with van der Waals surface area (Å²) >= 11 is 5.74. The molecule has 0 saturated carbocycles. The first-order valence-corrected chi connectivity index (χ1v) is 6.50. The van der Waals surface area contributed by atoms with Crippen LogP contribution in [0.3, 0.4) is 0 Å². The van der Waals surface area contributed by atoms with E-state index in [1.54, 1.807) is 24.3 Å². The Morgan fingerprint density at radius 3 is 2.50 bits per heavy atom. The van der Waals surface area contributed by atoms with Crippen molar-refractivity contribution < 1.29 is 9.66 Å². The summed E-state index contributed by atoms with van der Waals surface area (Å²) in [4.78, 5) is 15.9. The predicted molar refractivity (Wildman–Crippen MR) is 81.5 cm³/mol. The second kappa shape index (κ2) is 6.28. The van der Waals surface area contributed by atoms with Crippen molar-refractivity contribution in [3.63, 3.8) is 0 Å². The topological polar surface area (TPSA) is 92.3 Å². The Hall–Kier alpha value is -2.85. The van der Waals surface area contributed by atoms with Gasteiger partial charge >= 0.3 is 5.69 Å². The Morgan fingerprint density at radius 1 is 1.36 bits per heavy atom. The van der Waals surface area contributed by atoms with Gasteiger partial charge in [0.15, 0.2) is 0 Å². The number of halogens is 1. The van der Waals surface area contributed by atoms with Gasteiger partial charge in [-0.2, -0.15) is 5.26 Å². The summed E-state index contributed by atoms with van der Waals surface area (Å²) in [5.74, 6) is 0.137. The van der Waals surface area contributed by atoms with E-state index in [4.69, 9.17) is 21.6 Å². The lowest BCUT2D eigenvalue weighted by Crippen LogP contribution is -2.08. The average Bonchev–Trinajstić information content (AvgIpc) is 2.47. The number of nitriles is 1. The zero-order valence-electron chi connectivity index (χ0n) is 11.8. The molecule has 7 nitrogen and oxygen atoms in total. The molecule has 1 aromatic heterocycles. The molecule has 1 aromatic carbocycles. The number of pyridine rings is 1. The first-order valence-electron chi connectivity index (χ1n) is 6.12. The zero-order chi connectivity index (χ0) is 16.3. The van der Waals surface area contributed by atoms with Gasteiger partial charge in [-0.25, -0.2) is 4.98 Å².